The van der Waals surface area contributed by atoms with Gasteiger partial charge in [-0.05, 0) is 104 Å². The average Bonchev–Trinajstić information content (AvgIpc) is 3.15. The van der Waals surface area contributed by atoms with Gasteiger partial charge in [-0.3, -0.25) is 18.6 Å². The van der Waals surface area contributed by atoms with Gasteiger partial charge in [0.1, 0.15) is 6.61 Å². The molecule has 0 heterocycles. The van der Waals surface area contributed by atoms with Gasteiger partial charge in [-0.2, -0.15) is 0 Å². The minimum atomic E-state index is -4.39. The monoisotopic (exact) mass is 785 g/mol. The number of rotatable bonds is 35. The zero-order chi connectivity index (χ0) is 40.5. The van der Waals surface area contributed by atoms with Gasteiger partial charge in [0, 0.05) is 19.4 Å². The number of phosphoric ester groups is 1. The molecule has 9 nitrogen and oxygen atoms in total. The number of allylic oxidation sites excluding steroid dienone is 18. The normalized spacial score (nSPS) is 14.6. The van der Waals surface area contributed by atoms with Crippen LogP contribution in [-0.2, 0) is 32.7 Å². The maximum absolute atomic E-state index is 12.6. The fraction of sp³-hybridized carbons (Fsp3) is 0.556. The number of nitrogens with zero attached hydrogens (tertiary/aromatic N) is 1. The topological polar surface area (TPSA) is 112 Å². The van der Waals surface area contributed by atoms with Gasteiger partial charge in [0.2, 0.25) is 0 Å². The van der Waals surface area contributed by atoms with Gasteiger partial charge in [-0.25, -0.2) is 4.57 Å². The maximum Gasteiger partial charge on any atom is 0.472 e. The van der Waals surface area contributed by atoms with E-state index >= 15 is 0 Å². The zero-order valence-electron chi connectivity index (χ0n) is 34.3. The number of ether oxygens (including phenoxy) is 2. The van der Waals surface area contributed by atoms with Crippen molar-refractivity contribution in [2.75, 3.05) is 40.5 Å². The molecule has 0 aliphatic carbocycles. The highest BCUT2D eigenvalue weighted by Crippen LogP contribution is 2.43. The van der Waals surface area contributed by atoms with Gasteiger partial charge in [0.25, 0.3) is 0 Å². The Hall–Kier alpha value is -3.33. The second-order valence-corrected chi connectivity index (χ2v) is 14.5. The molecule has 310 valence electrons. The molecular weight excluding hydrogens is 713 g/mol. The van der Waals surface area contributed by atoms with E-state index in [4.69, 9.17) is 18.5 Å². The molecule has 0 fully saturated rings. The van der Waals surface area contributed by atoms with Crippen molar-refractivity contribution in [1.29, 1.82) is 0 Å². The lowest BCUT2D eigenvalue weighted by molar-refractivity contribution is -0.161. The fourth-order valence-corrected chi connectivity index (χ4v) is 5.28. The minimum Gasteiger partial charge on any atom is -0.462 e. The quantitative estimate of drug-likeness (QED) is 0.0290. The van der Waals surface area contributed by atoms with Gasteiger partial charge < -0.3 is 19.3 Å². The highest BCUT2D eigenvalue weighted by Gasteiger charge is 2.26. The summed E-state index contributed by atoms with van der Waals surface area (Å²) in [4.78, 5) is 36.9. The van der Waals surface area contributed by atoms with Crippen molar-refractivity contribution in [1.82, 2.24) is 4.90 Å². The second kappa shape index (κ2) is 38.9. The van der Waals surface area contributed by atoms with Gasteiger partial charge in [-0.15, -0.1) is 0 Å². The largest absolute Gasteiger partial charge is 0.472 e. The molecule has 0 saturated heterocycles. The molecule has 0 aliphatic heterocycles. The summed E-state index contributed by atoms with van der Waals surface area (Å²) in [6, 6.07) is 0. The van der Waals surface area contributed by atoms with Crippen LogP contribution in [0.5, 0.6) is 0 Å². The summed E-state index contributed by atoms with van der Waals surface area (Å²) in [5.41, 5.74) is 0. The molecule has 2 unspecified atom stereocenters. The van der Waals surface area contributed by atoms with E-state index in [1.807, 2.05) is 20.2 Å². The van der Waals surface area contributed by atoms with Gasteiger partial charge >= 0.3 is 19.8 Å². The van der Waals surface area contributed by atoms with E-state index in [0.29, 0.717) is 19.4 Å². The van der Waals surface area contributed by atoms with Crippen LogP contribution < -0.4 is 0 Å². The molecule has 1 N–H and O–H groups in total. The number of phosphoric acid groups is 1. The third kappa shape index (κ3) is 40.2. The molecule has 0 amide bonds. The Morgan fingerprint density at radius 3 is 1.44 bits per heavy atom. The third-order valence-electron chi connectivity index (χ3n) is 7.57. The van der Waals surface area contributed by atoms with Gasteiger partial charge in [0.15, 0.2) is 6.10 Å². The molecule has 0 aromatic carbocycles. The first-order valence-electron chi connectivity index (χ1n) is 20.2. The van der Waals surface area contributed by atoms with Crippen molar-refractivity contribution < 1.29 is 37.6 Å². The SMILES string of the molecule is CC/C=C\C/C=C\C/C=C\C/C=C\C/C=C\CCCC(=O)OCC(COP(=O)(O)OCCN(C)C)OC(=O)CCCC/C=C\C/C=C\C/C=C\C/C=C\CC. The second-order valence-electron chi connectivity index (χ2n) is 13.0. The van der Waals surface area contributed by atoms with E-state index in [1.165, 1.54) is 0 Å². The highest BCUT2D eigenvalue weighted by molar-refractivity contribution is 7.47. The van der Waals surface area contributed by atoms with E-state index in [0.717, 1.165) is 77.0 Å². The number of carbonyl (C=O) groups is 2. The standard InChI is InChI=1S/C45H72NO8P/c1-5-7-9-11-13-15-17-19-21-22-24-25-27-29-31-33-35-37-44(47)51-41-43(42-53-55(49,50)52-40-39-46(3)4)54-45(48)38-36-34-32-30-28-26-23-20-18-16-14-12-10-8-6-2/h7-10,13-16,19-21,23-25,28-31,43H,5-6,11-12,17-18,22,26-27,32-42H2,1-4H3,(H,49,50)/b9-7-,10-8-,15-13-,16-14-,21-19-,23-20-,25-24-,30-28-,31-29-. The molecular formula is C45H72NO8P. The Bertz CT molecular complexity index is 1280. The first-order valence-corrected chi connectivity index (χ1v) is 21.7. The number of hydrogen-bond acceptors (Lipinski definition) is 8. The van der Waals surface area contributed by atoms with Gasteiger partial charge in [-0.1, -0.05) is 123 Å². The predicted octanol–water partition coefficient (Wildman–Crippen LogP) is 11.4. The Morgan fingerprint density at radius 2 is 0.982 bits per heavy atom. The van der Waals surface area contributed by atoms with E-state index in [1.54, 1.807) is 4.90 Å². The molecule has 0 radical (unpaired) electrons. The Morgan fingerprint density at radius 1 is 0.564 bits per heavy atom. The minimum absolute atomic E-state index is 0.0165. The Kier molecular flexibility index (Phi) is 36.6. The van der Waals surface area contributed by atoms with Crippen LogP contribution >= 0.6 is 7.82 Å². The number of carbonyl (C=O) groups excluding carboxylic acids is 2. The lowest BCUT2D eigenvalue weighted by Crippen LogP contribution is -2.29. The van der Waals surface area contributed by atoms with Crippen molar-refractivity contribution in [3.63, 3.8) is 0 Å². The van der Waals surface area contributed by atoms with Crippen molar-refractivity contribution >= 4 is 19.8 Å². The molecule has 0 rings (SSSR count). The molecule has 10 heteroatoms. The molecule has 0 bridgehead atoms. The average molecular weight is 786 g/mol. The van der Waals surface area contributed by atoms with Crippen LogP contribution in [0.3, 0.4) is 0 Å². The number of likely N-dealkylation sites (N-methyl/N-ethyl adjacent to an activating group) is 1. The number of hydrogen-bond donors (Lipinski definition) is 1. The van der Waals surface area contributed by atoms with Crippen molar-refractivity contribution in [3.05, 3.63) is 109 Å². The smallest absolute Gasteiger partial charge is 0.462 e. The summed E-state index contributed by atoms with van der Waals surface area (Å²) < 4.78 is 33.3. The summed E-state index contributed by atoms with van der Waals surface area (Å²) in [7, 11) is -0.776. The van der Waals surface area contributed by atoms with E-state index in [9.17, 15) is 19.0 Å². The molecule has 0 spiro atoms. The fourth-order valence-electron chi connectivity index (χ4n) is 4.53. The van der Waals surface area contributed by atoms with E-state index in [-0.39, 0.29) is 26.1 Å². The third-order valence-corrected chi connectivity index (χ3v) is 8.56. The maximum atomic E-state index is 12.6. The number of unbranched alkanes of at least 4 members (excludes halogenated alkanes) is 3. The summed E-state index contributed by atoms with van der Waals surface area (Å²) in [6.45, 7) is 3.93. The van der Waals surface area contributed by atoms with Crippen LogP contribution in [0.1, 0.15) is 117 Å². The van der Waals surface area contributed by atoms with E-state index < -0.39 is 32.5 Å². The lowest BCUT2D eigenvalue weighted by Gasteiger charge is -2.20. The Balaban J connectivity index is 4.53. The predicted molar refractivity (Wildman–Crippen MR) is 229 cm³/mol. The molecule has 0 aromatic heterocycles. The van der Waals surface area contributed by atoms with E-state index in [2.05, 4.69) is 117 Å². The molecule has 2 atom stereocenters. The first kappa shape index (κ1) is 51.7. The zero-order valence-corrected chi connectivity index (χ0v) is 35.2. The van der Waals surface area contributed by atoms with Crippen LogP contribution in [0, 0.1) is 0 Å². The highest BCUT2D eigenvalue weighted by atomic mass is 31.2. The van der Waals surface area contributed by atoms with Crippen molar-refractivity contribution in [3.8, 4) is 0 Å². The van der Waals surface area contributed by atoms with Gasteiger partial charge in [0.05, 0.1) is 13.2 Å². The summed E-state index contributed by atoms with van der Waals surface area (Å²) in [5, 5.41) is 0. The van der Waals surface area contributed by atoms with Crippen LogP contribution in [0.4, 0.5) is 0 Å². The van der Waals surface area contributed by atoms with Crippen LogP contribution in [0.25, 0.3) is 0 Å². The summed E-state index contributed by atoms with van der Waals surface area (Å²) in [5.74, 6) is -0.935. The summed E-state index contributed by atoms with van der Waals surface area (Å²) in [6.07, 6.45) is 50.1. The van der Waals surface area contributed by atoms with Crippen LogP contribution in [-0.4, -0.2) is 68.3 Å². The molecule has 0 saturated carbocycles. The molecule has 55 heavy (non-hydrogen) atoms. The van der Waals surface area contributed by atoms with Crippen LogP contribution in [0.2, 0.25) is 0 Å². The van der Waals surface area contributed by atoms with Crippen molar-refractivity contribution in [2.24, 2.45) is 0 Å². The first-order chi connectivity index (χ1) is 26.7. The molecule has 0 aliphatic rings. The number of esters is 2. The molecule has 0 aromatic rings. The summed E-state index contributed by atoms with van der Waals surface area (Å²) >= 11 is 0. The Labute approximate surface area is 333 Å². The lowest BCUT2D eigenvalue weighted by atomic mass is 10.2. The van der Waals surface area contributed by atoms with Crippen LogP contribution in [0.15, 0.2) is 109 Å². The van der Waals surface area contributed by atoms with Crippen molar-refractivity contribution in [2.45, 2.75) is 123 Å².